The molecule has 0 amide bonds. The molecule has 1 fully saturated rings. The number of fused-ring (bicyclic) bond motifs is 1. The highest BCUT2D eigenvalue weighted by Gasteiger charge is 2.18. The minimum absolute atomic E-state index is 0.0560. The summed E-state index contributed by atoms with van der Waals surface area (Å²) in [6.07, 6.45) is 2.98. The highest BCUT2D eigenvalue weighted by atomic mass is 19.1. The molecule has 0 atom stereocenters. The molecular formula is C23H23F2N3O. The van der Waals surface area contributed by atoms with E-state index in [1.165, 1.54) is 24.3 Å². The lowest BCUT2D eigenvalue weighted by Gasteiger charge is -2.35. The van der Waals surface area contributed by atoms with Gasteiger partial charge in [-0.25, -0.2) is 13.8 Å². The van der Waals surface area contributed by atoms with Gasteiger partial charge in [0, 0.05) is 49.7 Å². The predicted octanol–water partition coefficient (Wildman–Crippen LogP) is 4.30. The van der Waals surface area contributed by atoms with Gasteiger partial charge in [0.25, 0.3) is 0 Å². The Hall–Kier alpha value is -2.86. The zero-order valence-corrected chi connectivity index (χ0v) is 16.2. The number of rotatable bonds is 6. The number of anilines is 1. The van der Waals surface area contributed by atoms with Gasteiger partial charge >= 0.3 is 0 Å². The highest BCUT2D eigenvalue weighted by Crippen LogP contribution is 2.21. The van der Waals surface area contributed by atoms with E-state index in [1.54, 1.807) is 24.4 Å². The quantitative estimate of drug-likeness (QED) is 0.583. The first-order chi connectivity index (χ1) is 14.1. The lowest BCUT2D eigenvalue weighted by Crippen LogP contribution is -2.47. The second kappa shape index (κ2) is 8.66. The van der Waals surface area contributed by atoms with Crippen molar-refractivity contribution in [1.29, 1.82) is 0 Å². The minimum Gasteiger partial charge on any atom is -0.354 e. The number of hydrogen-bond acceptors (Lipinski definition) is 4. The number of carbonyl (C=O) groups excluding carboxylic acids is 1. The normalized spacial score (nSPS) is 15.0. The minimum atomic E-state index is -0.326. The molecule has 4 rings (SSSR count). The number of ketones is 1. The van der Waals surface area contributed by atoms with E-state index < -0.39 is 0 Å². The zero-order chi connectivity index (χ0) is 20.2. The Morgan fingerprint density at radius 3 is 2.38 bits per heavy atom. The molecular weight excluding hydrogens is 372 g/mol. The molecule has 0 radical (unpaired) electrons. The molecule has 0 aliphatic carbocycles. The van der Waals surface area contributed by atoms with Crippen molar-refractivity contribution < 1.29 is 13.6 Å². The molecule has 1 aliphatic heterocycles. The van der Waals surface area contributed by atoms with Gasteiger partial charge < -0.3 is 4.90 Å². The molecule has 1 aromatic heterocycles. The summed E-state index contributed by atoms with van der Waals surface area (Å²) in [4.78, 5) is 21.3. The molecule has 150 valence electrons. The van der Waals surface area contributed by atoms with E-state index in [9.17, 15) is 13.6 Å². The van der Waals surface area contributed by atoms with Crippen LogP contribution < -0.4 is 4.90 Å². The van der Waals surface area contributed by atoms with E-state index in [-0.39, 0.29) is 17.4 Å². The van der Waals surface area contributed by atoms with Crippen LogP contribution in [0.4, 0.5) is 14.6 Å². The van der Waals surface area contributed by atoms with Crippen LogP contribution in [0.5, 0.6) is 0 Å². The first-order valence-electron chi connectivity index (χ1n) is 9.90. The Morgan fingerprint density at radius 2 is 1.62 bits per heavy atom. The lowest BCUT2D eigenvalue weighted by atomic mass is 10.1. The monoisotopic (exact) mass is 395 g/mol. The van der Waals surface area contributed by atoms with Crippen LogP contribution in [-0.4, -0.2) is 48.4 Å². The fourth-order valence-electron chi connectivity index (χ4n) is 3.72. The number of piperazine rings is 1. The number of Topliss-reactive ketones (excluding diaryl/α,β-unsaturated/α-hetero) is 1. The largest absolute Gasteiger partial charge is 0.354 e. The third kappa shape index (κ3) is 4.77. The van der Waals surface area contributed by atoms with Gasteiger partial charge in [0.15, 0.2) is 5.78 Å². The summed E-state index contributed by atoms with van der Waals surface area (Å²) in [5.74, 6) is 0.391. The summed E-state index contributed by atoms with van der Waals surface area (Å²) in [7, 11) is 0. The Bertz CT molecular complexity index is 999. The number of carbonyl (C=O) groups is 1. The molecule has 1 saturated heterocycles. The van der Waals surface area contributed by atoms with Crippen molar-refractivity contribution in [2.75, 3.05) is 37.6 Å². The number of hydrogen-bond donors (Lipinski definition) is 0. The smallest absolute Gasteiger partial charge is 0.162 e. The van der Waals surface area contributed by atoms with Crippen LogP contribution in [0.15, 0.2) is 54.7 Å². The van der Waals surface area contributed by atoms with Gasteiger partial charge in [-0.15, -0.1) is 0 Å². The molecule has 0 saturated carbocycles. The number of pyridine rings is 1. The van der Waals surface area contributed by atoms with E-state index in [1.807, 2.05) is 6.07 Å². The maximum absolute atomic E-state index is 13.3. The number of halogens is 2. The Balaban J connectivity index is 1.25. The van der Waals surface area contributed by atoms with E-state index >= 15 is 0 Å². The van der Waals surface area contributed by atoms with Gasteiger partial charge in [0.05, 0.1) is 0 Å². The zero-order valence-electron chi connectivity index (χ0n) is 16.2. The first-order valence-corrected chi connectivity index (χ1v) is 9.90. The molecule has 29 heavy (non-hydrogen) atoms. The van der Waals surface area contributed by atoms with Crippen molar-refractivity contribution >= 4 is 22.4 Å². The third-order valence-electron chi connectivity index (χ3n) is 5.41. The van der Waals surface area contributed by atoms with Crippen molar-refractivity contribution in [3.63, 3.8) is 0 Å². The van der Waals surface area contributed by atoms with E-state index in [0.29, 0.717) is 12.0 Å². The van der Waals surface area contributed by atoms with Gasteiger partial charge in [-0.2, -0.15) is 0 Å². The standard InChI is InChI=1S/C23H23F2N3O/c24-20-6-3-17(4-7-20)22(29)2-1-9-27-10-12-28(13-11-27)23-15-18-5-8-21(25)14-19(18)16-26-23/h3-8,14-16H,1-2,9-13H2. The number of nitrogens with zero attached hydrogens (tertiary/aromatic N) is 3. The summed E-state index contributed by atoms with van der Waals surface area (Å²) in [6.45, 7) is 4.42. The summed E-state index contributed by atoms with van der Waals surface area (Å²) in [5.41, 5.74) is 0.568. The lowest BCUT2D eigenvalue weighted by molar-refractivity contribution is 0.0974. The van der Waals surface area contributed by atoms with Crippen LogP contribution in [0.3, 0.4) is 0 Å². The van der Waals surface area contributed by atoms with Crippen LogP contribution in [0.25, 0.3) is 10.8 Å². The molecule has 2 aromatic carbocycles. The summed E-state index contributed by atoms with van der Waals surface area (Å²) in [5, 5.41) is 1.79. The second-order valence-corrected chi connectivity index (χ2v) is 7.40. The number of aromatic nitrogens is 1. The summed E-state index contributed by atoms with van der Waals surface area (Å²) >= 11 is 0. The second-order valence-electron chi connectivity index (χ2n) is 7.40. The summed E-state index contributed by atoms with van der Waals surface area (Å²) < 4.78 is 26.3. The van der Waals surface area contributed by atoms with E-state index in [0.717, 1.165) is 55.7 Å². The fourth-order valence-corrected chi connectivity index (χ4v) is 3.72. The van der Waals surface area contributed by atoms with E-state index in [2.05, 4.69) is 14.8 Å². The molecule has 2 heterocycles. The third-order valence-corrected chi connectivity index (χ3v) is 5.41. The molecule has 4 nitrogen and oxygen atoms in total. The van der Waals surface area contributed by atoms with Gasteiger partial charge in [0.1, 0.15) is 17.5 Å². The Labute approximate surface area is 168 Å². The average molecular weight is 395 g/mol. The van der Waals surface area contributed by atoms with Gasteiger partial charge in [-0.1, -0.05) is 6.07 Å². The Morgan fingerprint density at radius 1 is 0.897 bits per heavy atom. The average Bonchev–Trinajstić information content (AvgIpc) is 2.74. The van der Waals surface area contributed by atoms with E-state index in [4.69, 9.17) is 0 Å². The van der Waals surface area contributed by atoms with Gasteiger partial charge in [-0.05, 0) is 60.8 Å². The summed E-state index contributed by atoms with van der Waals surface area (Å²) in [6, 6.07) is 12.5. The molecule has 3 aromatic rings. The maximum atomic E-state index is 13.3. The Kier molecular flexibility index (Phi) is 5.81. The van der Waals surface area contributed by atoms with Crippen LogP contribution in [0.1, 0.15) is 23.2 Å². The fraction of sp³-hybridized carbons (Fsp3) is 0.304. The molecule has 0 spiro atoms. The molecule has 1 aliphatic rings. The maximum Gasteiger partial charge on any atom is 0.162 e. The first kappa shape index (κ1) is 19.5. The van der Waals surface area contributed by atoms with Crippen LogP contribution in [0.2, 0.25) is 0 Å². The SMILES string of the molecule is O=C(CCCN1CCN(c2cc3ccc(F)cc3cn2)CC1)c1ccc(F)cc1. The number of benzene rings is 2. The predicted molar refractivity (Wildman–Crippen MR) is 110 cm³/mol. The van der Waals surface area contributed by atoms with Crippen molar-refractivity contribution in [1.82, 2.24) is 9.88 Å². The highest BCUT2D eigenvalue weighted by molar-refractivity contribution is 5.95. The van der Waals surface area contributed by atoms with Crippen molar-refractivity contribution in [2.24, 2.45) is 0 Å². The molecule has 0 unspecified atom stereocenters. The van der Waals surface area contributed by atoms with Gasteiger partial charge in [0.2, 0.25) is 0 Å². The van der Waals surface area contributed by atoms with Crippen molar-refractivity contribution in [3.05, 3.63) is 71.9 Å². The molecule has 0 N–H and O–H groups in total. The topological polar surface area (TPSA) is 36.4 Å². The van der Waals surface area contributed by atoms with Crippen molar-refractivity contribution in [3.8, 4) is 0 Å². The van der Waals surface area contributed by atoms with Crippen LogP contribution >= 0.6 is 0 Å². The molecule has 0 bridgehead atoms. The van der Waals surface area contributed by atoms with Crippen LogP contribution in [-0.2, 0) is 0 Å². The van der Waals surface area contributed by atoms with Crippen LogP contribution in [0, 0.1) is 11.6 Å². The van der Waals surface area contributed by atoms with Crippen molar-refractivity contribution in [2.45, 2.75) is 12.8 Å². The molecule has 6 heteroatoms. The van der Waals surface area contributed by atoms with Gasteiger partial charge in [-0.3, -0.25) is 9.69 Å².